The van der Waals surface area contributed by atoms with Crippen molar-refractivity contribution >= 4 is 22.3 Å². The van der Waals surface area contributed by atoms with Crippen LogP contribution in [0.4, 0.5) is 24.5 Å². The van der Waals surface area contributed by atoms with Crippen LogP contribution in [-0.2, 0) is 6.54 Å². The van der Waals surface area contributed by atoms with Crippen molar-refractivity contribution in [2.24, 2.45) is 0 Å². The molecule has 22 heavy (non-hydrogen) atoms. The number of nitrogens with one attached hydrogen (secondary N) is 3. The number of H-pyrrole nitrogens is 1. The van der Waals surface area contributed by atoms with Crippen LogP contribution in [0.5, 0.6) is 0 Å². The molecule has 1 aromatic heterocycles. The van der Waals surface area contributed by atoms with Crippen molar-refractivity contribution in [2.45, 2.75) is 6.54 Å². The summed E-state index contributed by atoms with van der Waals surface area (Å²) in [6, 6.07) is 7.49. The lowest BCUT2D eigenvalue weighted by atomic mass is 10.1. The maximum atomic E-state index is 13.7. The fraction of sp³-hybridized carbons (Fsp3) is 0.125. The van der Waals surface area contributed by atoms with E-state index in [2.05, 4.69) is 15.6 Å². The molecule has 6 heteroatoms. The molecule has 3 N–H and O–H groups in total. The molecule has 3 aromatic rings. The molecule has 1 heterocycles. The predicted octanol–water partition coefficient (Wildman–Crippen LogP) is 4.05. The highest BCUT2D eigenvalue weighted by atomic mass is 19.2. The lowest BCUT2D eigenvalue weighted by Crippen LogP contribution is -2.04. The summed E-state index contributed by atoms with van der Waals surface area (Å²) in [6.45, 7) is 0.727. The van der Waals surface area contributed by atoms with E-state index in [-0.39, 0.29) is 5.69 Å². The molecular formula is C16H14F3N3. The molecule has 0 aliphatic rings. The van der Waals surface area contributed by atoms with Crippen LogP contribution < -0.4 is 10.6 Å². The van der Waals surface area contributed by atoms with Gasteiger partial charge < -0.3 is 15.6 Å². The topological polar surface area (TPSA) is 39.9 Å². The summed E-state index contributed by atoms with van der Waals surface area (Å²) in [5, 5.41) is 6.88. The highest BCUT2D eigenvalue weighted by Crippen LogP contribution is 2.27. The average molecular weight is 305 g/mol. The Morgan fingerprint density at radius 3 is 2.64 bits per heavy atom. The Labute approximate surface area is 125 Å². The summed E-state index contributed by atoms with van der Waals surface area (Å²) in [4.78, 5) is 3.13. The molecule has 0 saturated carbocycles. The average Bonchev–Trinajstić information content (AvgIpc) is 2.91. The Balaban J connectivity index is 1.93. The molecule has 0 saturated heterocycles. The Kier molecular flexibility index (Phi) is 3.77. The van der Waals surface area contributed by atoms with Gasteiger partial charge in [-0.3, -0.25) is 0 Å². The molecule has 0 atom stereocenters. The molecule has 3 rings (SSSR count). The zero-order chi connectivity index (χ0) is 15.7. The fourth-order valence-corrected chi connectivity index (χ4v) is 2.38. The summed E-state index contributed by atoms with van der Waals surface area (Å²) >= 11 is 0. The maximum Gasteiger partial charge on any atom is 0.196 e. The van der Waals surface area contributed by atoms with E-state index in [1.54, 1.807) is 12.1 Å². The zero-order valence-electron chi connectivity index (χ0n) is 11.8. The van der Waals surface area contributed by atoms with Crippen molar-refractivity contribution in [2.75, 3.05) is 12.4 Å². The second-order valence-corrected chi connectivity index (χ2v) is 4.95. The Hall–Kier alpha value is -2.47. The van der Waals surface area contributed by atoms with Gasteiger partial charge in [0.15, 0.2) is 17.5 Å². The number of hydrogen-bond acceptors (Lipinski definition) is 2. The van der Waals surface area contributed by atoms with E-state index in [1.807, 2.05) is 19.3 Å². The van der Waals surface area contributed by atoms with Crippen molar-refractivity contribution in [1.82, 2.24) is 10.3 Å². The summed E-state index contributed by atoms with van der Waals surface area (Å²) in [5.74, 6) is -3.93. The molecule has 2 aromatic carbocycles. The maximum absolute atomic E-state index is 13.7. The van der Waals surface area contributed by atoms with E-state index in [4.69, 9.17) is 0 Å². The molecular weight excluding hydrogens is 291 g/mol. The number of hydrogen-bond donors (Lipinski definition) is 3. The number of fused-ring (bicyclic) bond motifs is 1. The van der Waals surface area contributed by atoms with Gasteiger partial charge in [0.2, 0.25) is 0 Å². The minimum Gasteiger partial charge on any atom is -0.361 e. The number of anilines is 2. The molecule has 0 aliphatic heterocycles. The summed E-state index contributed by atoms with van der Waals surface area (Å²) < 4.78 is 39.8. The van der Waals surface area contributed by atoms with Gasteiger partial charge in [-0.1, -0.05) is 6.07 Å². The molecule has 3 nitrogen and oxygen atoms in total. The first kappa shape index (κ1) is 14.5. The van der Waals surface area contributed by atoms with E-state index in [0.29, 0.717) is 5.69 Å². The first-order valence-corrected chi connectivity index (χ1v) is 6.75. The van der Waals surface area contributed by atoms with Crippen molar-refractivity contribution < 1.29 is 13.2 Å². The van der Waals surface area contributed by atoms with Gasteiger partial charge in [-0.25, -0.2) is 13.2 Å². The van der Waals surface area contributed by atoms with E-state index in [1.165, 1.54) is 6.07 Å². The molecule has 0 radical (unpaired) electrons. The van der Waals surface area contributed by atoms with Crippen molar-refractivity contribution in [3.05, 3.63) is 59.5 Å². The third-order valence-electron chi connectivity index (χ3n) is 3.45. The van der Waals surface area contributed by atoms with Crippen LogP contribution in [0.1, 0.15) is 5.56 Å². The third-order valence-corrected chi connectivity index (χ3v) is 3.45. The van der Waals surface area contributed by atoms with Crippen LogP contribution in [-0.4, -0.2) is 12.0 Å². The van der Waals surface area contributed by atoms with Gasteiger partial charge in [-0.15, -0.1) is 0 Å². The molecule has 0 bridgehead atoms. The SMILES string of the molecule is CNCc1c[nH]c2cc(Nc3ccc(F)c(F)c3F)ccc12. The molecule has 0 aliphatic carbocycles. The second kappa shape index (κ2) is 5.73. The predicted molar refractivity (Wildman–Crippen MR) is 80.7 cm³/mol. The zero-order valence-corrected chi connectivity index (χ0v) is 11.8. The monoisotopic (exact) mass is 305 g/mol. The van der Waals surface area contributed by atoms with Crippen LogP contribution in [0.3, 0.4) is 0 Å². The van der Waals surface area contributed by atoms with Gasteiger partial charge in [-0.05, 0) is 36.9 Å². The number of aromatic nitrogens is 1. The minimum atomic E-state index is -1.48. The van der Waals surface area contributed by atoms with Crippen LogP contribution in [0.15, 0.2) is 36.5 Å². The van der Waals surface area contributed by atoms with E-state index in [9.17, 15) is 13.2 Å². The summed E-state index contributed by atoms with van der Waals surface area (Å²) in [7, 11) is 1.86. The van der Waals surface area contributed by atoms with E-state index >= 15 is 0 Å². The normalized spacial score (nSPS) is 11.1. The lowest BCUT2D eigenvalue weighted by Gasteiger charge is -2.09. The number of benzene rings is 2. The van der Waals surface area contributed by atoms with Gasteiger partial charge in [0.25, 0.3) is 0 Å². The quantitative estimate of drug-likeness (QED) is 0.636. The Morgan fingerprint density at radius 2 is 1.86 bits per heavy atom. The van der Waals surface area contributed by atoms with Gasteiger partial charge in [-0.2, -0.15) is 0 Å². The number of rotatable bonds is 4. The fourth-order valence-electron chi connectivity index (χ4n) is 2.38. The van der Waals surface area contributed by atoms with Crippen LogP contribution in [0, 0.1) is 17.5 Å². The van der Waals surface area contributed by atoms with Crippen molar-refractivity contribution in [1.29, 1.82) is 0 Å². The molecule has 0 spiro atoms. The Morgan fingerprint density at radius 1 is 1.05 bits per heavy atom. The van der Waals surface area contributed by atoms with Gasteiger partial charge in [0.05, 0.1) is 5.69 Å². The highest BCUT2D eigenvalue weighted by molar-refractivity contribution is 5.87. The van der Waals surface area contributed by atoms with Crippen LogP contribution in [0.2, 0.25) is 0 Å². The molecule has 0 amide bonds. The van der Waals surface area contributed by atoms with Crippen LogP contribution in [0.25, 0.3) is 10.9 Å². The summed E-state index contributed by atoms with van der Waals surface area (Å²) in [5.41, 5.74) is 2.46. The smallest absolute Gasteiger partial charge is 0.196 e. The minimum absolute atomic E-state index is 0.111. The van der Waals surface area contributed by atoms with Gasteiger partial charge >= 0.3 is 0 Å². The standard InChI is InChI=1S/C16H14F3N3/c1-20-7-9-8-21-14-6-10(2-3-11(9)14)22-13-5-4-12(17)15(18)16(13)19/h2-6,8,20-22H,7H2,1H3. The second-order valence-electron chi connectivity index (χ2n) is 4.95. The van der Waals surface area contributed by atoms with E-state index in [0.717, 1.165) is 29.1 Å². The number of halogens is 3. The first-order chi connectivity index (χ1) is 10.6. The van der Waals surface area contributed by atoms with Gasteiger partial charge in [0.1, 0.15) is 0 Å². The van der Waals surface area contributed by atoms with Crippen molar-refractivity contribution in [3.63, 3.8) is 0 Å². The summed E-state index contributed by atoms with van der Waals surface area (Å²) in [6.07, 6.45) is 1.89. The Bertz CT molecular complexity index is 827. The number of aromatic amines is 1. The van der Waals surface area contributed by atoms with Crippen LogP contribution >= 0.6 is 0 Å². The van der Waals surface area contributed by atoms with E-state index < -0.39 is 17.5 Å². The lowest BCUT2D eigenvalue weighted by molar-refractivity contribution is 0.449. The molecule has 0 fully saturated rings. The van der Waals surface area contributed by atoms with Gasteiger partial charge in [0, 0.05) is 29.3 Å². The molecule has 0 unspecified atom stereocenters. The van der Waals surface area contributed by atoms with Crippen molar-refractivity contribution in [3.8, 4) is 0 Å². The largest absolute Gasteiger partial charge is 0.361 e. The highest BCUT2D eigenvalue weighted by Gasteiger charge is 2.13. The third kappa shape index (κ3) is 2.53. The first-order valence-electron chi connectivity index (χ1n) is 6.75. The molecule has 114 valence electrons.